The number of aromatic hydroxyl groups is 1. The summed E-state index contributed by atoms with van der Waals surface area (Å²) in [5.74, 6) is -2.37. The van der Waals surface area contributed by atoms with Crippen LogP contribution in [0.4, 0.5) is 14.6 Å². The SMILES string of the molecule is O=c1[nH]c(O)c(C=c2cnn3c(=NC4CC4)cc(N4CCC(F)(F)CC4)nc23)[nH]1. The molecule has 11 heteroatoms. The minimum atomic E-state index is -2.64. The first kappa shape index (κ1) is 17.8. The number of piperidine rings is 1. The van der Waals surface area contributed by atoms with Crippen LogP contribution in [0, 0.1) is 0 Å². The molecule has 3 N–H and O–H groups in total. The average Bonchev–Trinajstić information content (AvgIpc) is 3.30. The fourth-order valence-electron chi connectivity index (χ4n) is 3.41. The predicted molar refractivity (Wildman–Crippen MR) is 99.8 cm³/mol. The van der Waals surface area contributed by atoms with Crippen molar-refractivity contribution in [2.45, 2.75) is 37.6 Å². The molecule has 0 radical (unpaired) electrons. The zero-order valence-electron chi connectivity index (χ0n) is 15.4. The van der Waals surface area contributed by atoms with E-state index in [9.17, 15) is 18.7 Å². The molecule has 29 heavy (non-hydrogen) atoms. The molecule has 4 heterocycles. The zero-order chi connectivity index (χ0) is 20.2. The molecule has 152 valence electrons. The molecule has 2 fully saturated rings. The van der Waals surface area contributed by atoms with Crippen molar-refractivity contribution in [3.05, 3.63) is 39.1 Å². The van der Waals surface area contributed by atoms with Crippen LogP contribution in [0.5, 0.6) is 5.88 Å². The van der Waals surface area contributed by atoms with Gasteiger partial charge in [-0.05, 0) is 18.9 Å². The molecule has 9 nitrogen and oxygen atoms in total. The van der Waals surface area contributed by atoms with Crippen LogP contribution in [0.1, 0.15) is 31.4 Å². The van der Waals surface area contributed by atoms with Crippen LogP contribution < -0.4 is 21.3 Å². The highest BCUT2D eigenvalue weighted by Gasteiger charge is 2.34. The number of nitrogens with one attached hydrogen (secondary N) is 2. The first-order chi connectivity index (χ1) is 13.9. The lowest BCUT2D eigenvalue weighted by Gasteiger charge is -2.32. The topological polar surface area (TPSA) is 115 Å². The number of rotatable bonds is 3. The van der Waals surface area contributed by atoms with E-state index in [1.54, 1.807) is 22.9 Å². The van der Waals surface area contributed by atoms with Crippen LogP contribution in [0.25, 0.3) is 11.7 Å². The van der Waals surface area contributed by atoms with E-state index in [0.717, 1.165) is 12.8 Å². The molecule has 1 saturated carbocycles. The second kappa shape index (κ2) is 6.39. The number of aromatic amines is 2. The van der Waals surface area contributed by atoms with Crippen LogP contribution in [-0.2, 0) is 0 Å². The summed E-state index contributed by atoms with van der Waals surface area (Å²) < 4.78 is 28.7. The lowest BCUT2D eigenvalue weighted by Crippen LogP contribution is -2.40. The number of imidazole rings is 1. The number of aromatic nitrogens is 5. The van der Waals surface area contributed by atoms with E-state index in [1.165, 1.54) is 0 Å². The van der Waals surface area contributed by atoms with Crippen molar-refractivity contribution < 1.29 is 13.9 Å². The van der Waals surface area contributed by atoms with E-state index in [1.807, 2.05) is 4.90 Å². The number of fused-ring (bicyclic) bond motifs is 1. The van der Waals surface area contributed by atoms with E-state index in [0.29, 0.717) is 22.2 Å². The van der Waals surface area contributed by atoms with Crippen molar-refractivity contribution >= 4 is 17.5 Å². The van der Waals surface area contributed by atoms with E-state index >= 15 is 0 Å². The summed E-state index contributed by atoms with van der Waals surface area (Å²) in [5.41, 5.74) is 0.755. The molecule has 1 aliphatic heterocycles. The van der Waals surface area contributed by atoms with E-state index in [4.69, 9.17) is 0 Å². The largest absolute Gasteiger partial charge is 0.493 e. The van der Waals surface area contributed by atoms with Crippen LogP contribution >= 0.6 is 0 Å². The third kappa shape index (κ3) is 3.47. The zero-order valence-corrected chi connectivity index (χ0v) is 15.4. The molecular formula is C18H19F2N7O2. The maximum Gasteiger partial charge on any atom is 0.326 e. The summed E-state index contributed by atoms with van der Waals surface area (Å²) >= 11 is 0. The van der Waals surface area contributed by atoms with Gasteiger partial charge in [0, 0.05) is 37.2 Å². The predicted octanol–water partition coefficient (Wildman–Crippen LogP) is 0.298. The molecule has 5 rings (SSSR count). The van der Waals surface area contributed by atoms with Crippen LogP contribution in [-0.4, -0.2) is 54.7 Å². The Kier molecular flexibility index (Phi) is 3.93. The average molecular weight is 403 g/mol. The lowest BCUT2D eigenvalue weighted by molar-refractivity contribution is -0.0221. The Balaban J connectivity index is 1.65. The molecule has 1 saturated heterocycles. The Hall–Kier alpha value is -3.24. The van der Waals surface area contributed by atoms with Gasteiger partial charge in [0.05, 0.1) is 12.2 Å². The van der Waals surface area contributed by atoms with Gasteiger partial charge < -0.3 is 15.0 Å². The number of alkyl halides is 2. The van der Waals surface area contributed by atoms with Crippen molar-refractivity contribution in [1.29, 1.82) is 0 Å². The smallest absolute Gasteiger partial charge is 0.326 e. The monoisotopic (exact) mass is 403 g/mol. The van der Waals surface area contributed by atoms with Gasteiger partial charge in [-0.25, -0.2) is 18.6 Å². The van der Waals surface area contributed by atoms with Gasteiger partial charge in [0.2, 0.25) is 5.88 Å². The number of halogens is 2. The molecule has 2 aliphatic rings. The molecule has 0 unspecified atom stereocenters. The van der Waals surface area contributed by atoms with Crippen LogP contribution in [0.15, 0.2) is 22.1 Å². The third-order valence-electron chi connectivity index (χ3n) is 5.18. The van der Waals surface area contributed by atoms with Gasteiger partial charge >= 0.3 is 5.69 Å². The van der Waals surface area contributed by atoms with Gasteiger partial charge in [0.1, 0.15) is 11.5 Å². The molecule has 3 aromatic rings. The fourth-order valence-corrected chi connectivity index (χ4v) is 3.41. The molecule has 0 bridgehead atoms. The highest BCUT2D eigenvalue weighted by molar-refractivity contribution is 5.58. The summed E-state index contributed by atoms with van der Waals surface area (Å²) in [6.07, 6.45) is 4.70. The highest BCUT2D eigenvalue weighted by Crippen LogP contribution is 2.29. The number of anilines is 1. The normalized spacial score (nSPS) is 20.7. The van der Waals surface area contributed by atoms with E-state index < -0.39 is 11.6 Å². The van der Waals surface area contributed by atoms with Gasteiger partial charge in [0.15, 0.2) is 11.1 Å². The highest BCUT2D eigenvalue weighted by atomic mass is 19.3. The van der Waals surface area contributed by atoms with Crippen molar-refractivity contribution in [3.8, 4) is 5.88 Å². The van der Waals surface area contributed by atoms with E-state index in [-0.39, 0.29) is 43.5 Å². The van der Waals surface area contributed by atoms with Crippen LogP contribution in [0.2, 0.25) is 0 Å². The summed E-state index contributed by atoms with van der Waals surface area (Å²) in [4.78, 5) is 27.3. The maximum atomic E-state index is 13.6. The van der Waals surface area contributed by atoms with Gasteiger partial charge in [-0.1, -0.05) is 0 Å². The van der Waals surface area contributed by atoms with Crippen molar-refractivity contribution in [2.75, 3.05) is 18.0 Å². The third-order valence-corrected chi connectivity index (χ3v) is 5.18. The van der Waals surface area contributed by atoms with Crippen molar-refractivity contribution in [2.24, 2.45) is 4.99 Å². The Morgan fingerprint density at radius 3 is 2.69 bits per heavy atom. The van der Waals surface area contributed by atoms with E-state index in [2.05, 4.69) is 25.0 Å². The quantitative estimate of drug-likeness (QED) is 0.582. The Morgan fingerprint density at radius 1 is 1.28 bits per heavy atom. The summed E-state index contributed by atoms with van der Waals surface area (Å²) in [6.45, 7) is 0.413. The number of nitrogens with zero attached hydrogens (tertiary/aromatic N) is 5. The molecule has 3 aromatic heterocycles. The minimum Gasteiger partial charge on any atom is -0.493 e. The summed E-state index contributed by atoms with van der Waals surface area (Å²) in [7, 11) is 0. The number of hydrogen-bond donors (Lipinski definition) is 3. The first-order valence-corrected chi connectivity index (χ1v) is 9.46. The molecule has 0 amide bonds. The Bertz CT molecular complexity index is 1250. The van der Waals surface area contributed by atoms with Crippen molar-refractivity contribution in [1.82, 2.24) is 24.6 Å². The molecular weight excluding hydrogens is 384 g/mol. The molecule has 0 atom stereocenters. The van der Waals surface area contributed by atoms with Crippen molar-refractivity contribution in [3.63, 3.8) is 0 Å². The second-order valence-electron chi connectivity index (χ2n) is 7.50. The number of hydrogen-bond acceptors (Lipinski definition) is 6. The first-order valence-electron chi connectivity index (χ1n) is 9.46. The number of H-pyrrole nitrogens is 2. The Morgan fingerprint density at radius 2 is 2.03 bits per heavy atom. The second-order valence-corrected chi connectivity index (χ2v) is 7.50. The van der Waals surface area contributed by atoms with Gasteiger partial charge in [-0.15, -0.1) is 0 Å². The van der Waals surface area contributed by atoms with Gasteiger partial charge in [0.25, 0.3) is 5.92 Å². The summed E-state index contributed by atoms with van der Waals surface area (Å²) in [5, 5.41) is 14.7. The molecule has 0 spiro atoms. The van der Waals surface area contributed by atoms with Crippen LogP contribution in [0.3, 0.4) is 0 Å². The fraction of sp³-hybridized carbons (Fsp3) is 0.444. The van der Waals surface area contributed by atoms with Gasteiger partial charge in [-0.3, -0.25) is 9.98 Å². The lowest BCUT2D eigenvalue weighted by atomic mass is 10.1. The van der Waals surface area contributed by atoms with Gasteiger partial charge in [-0.2, -0.15) is 9.61 Å². The Labute approximate surface area is 162 Å². The molecule has 1 aliphatic carbocycles. The standard InChI is InChI=1S/C18H19F2N7O2/c19-18(20)3-5-26(6-4-18)13-8-14(22-11-1-2-11)27-15(24-13)10(9-21-27)7-12-16(28)25-17(29)23-12/h7-9,11,28H,1-6H2,(H2,23,25,29). The summed E-state index contributed by atoms with van der Waals surface area (Å²) in [6, 6.07) is 2.02. The molecule has 0 aromatic carbocycles. The minimum absolute atomic E-state index is 0.204. The maximum absolute atomic E-state index is 13.6.